The van der Waals surface area contributed by atoms with Crippen molar-refractivity contribution < 1.29 is 5.11 Å². The van der Waals surface area contributed by atoms with Gasteiger partial charge in [-0.25, -0.2) is 9.97 Å². The Kier molecular flexibility index (Phi) is 2.22. The molecule has 2 heterocycles. The molecule has 1 aromatic heterocycles. The zero-order valence-corrected chi connectivity index (χ0v) is 8.87. The highest BCUT2D eigenvalue weighted by atomic mass is 16.3. The first kappa shape index (κ1) is 9.54. The van der Waals surface area contributed by atoms with E-state index in [2.05, 4.69) is 9.97 Å². The normalized spacial score (nSPS) is 20.6. The van der Waals surface area contributed by atoms with Gasteiger partial charge in [0.05, 0.1) is 11.6 Å². The van der Waals surface area contributed by atoms with Crippen molar-refractivity contribution in [1.29, 1.82) is 0 Å². The second-order valence-electron chi connectivity index (χ2n) is 4.12. The molecule has 0 saturated carbocycles. The monoisotopic (exact) mass is 215 g/mol. The standard InChI is InChI=1S/C12H13N3O/c16-10-5-6-15(8-10)12-13-7-9-3-1-2-4-11(9)14-12/h1-4,7,10,16H,5-6,8H2. The topological polar surface area (TPSA) is 49.2 Å². The average molecular weight is 215 g/mol. The van der Waals surface area contributed by atoms with E-state index < -0.39 is 0 Å². The second kappa shape index (κ2) is 3.72. The molecule has 1 unspecified atom stereocenters. The number of hydrogen-bond donors (Lipinski definition) is 1. The lowest BCUT2D eigenvalue weighted by molar-refractivity contribution is 0.198. The van der Waals surface area contributed by atoms with Gasteiger partial charge in [0.2, 0.25) is 5.95 Å². The van der Waals surface area contributed by atoms with Crippen LogP contribution in [0.1, 0.15) is 6.42 Å². The van der Waals surface area contributed by atoms with E-state index in [1.165, 1.54) is 0 Å². The molecule has 0 aliphatic carbocycles. The summed E-state index contributed by atoms with van der Waals surface area (Å²) in [5.41, 5.74) is 0.953. The Balaban J connectivity index is 1.99. The van der Waals surface area contributed by atoms with Crippen molar-refractivity contribution in [3.8, 4) is 0 Å². The van der Waals surface area contributed by atoms with Gasteiger partial charge in [-0.3, -0.25) is 0 Å². The highest BCUT2D eigenvalue weighted by Gasteiger charge is 2.22. The third-order valence-corrected chi connectivity index (χ3v) is 2.92. The number of β-amino-alcohol motifs (C(OH)–C–C–N with tert-alkyl or cyclic N) is 1. The van der Waals surface area contributed by atoms with E-state index in [1.54, 1.807) is 0 Å². The fraction of sp³-hybridized carbons (Fsp3) is 0.333. The van der Waals surface area contributed by atoms with Crippen LogP contribution in [0.15, 0.2) is 30.5 Å². The largest absolute Gasteiger partial charge is 0.391 e. The zero-order chi connectivity index (χ0) is 11.0. The lowest BCUT2D eigenvalue weighted by Gasteiger charge is -2.15. The van der Waals surface area contributed by atoms with Gasteiger partial charge in [-0.15, -0.1) is 0 Å². The SMILES string of the molecule is OC1CCN(c2ncc3ccccc3n2)C1. The van der Waals surface area contributed by atoms with Crippen molar-refractivity contribution in [1.82, 2.24) is 9.97 Å². The molecule has 1 atom stereocenters. The number of para-hydroxylation sites is 1. The summed E-state index contributed by atoms with van der Waals surface area (Å²) >= 11 is 0. The summed E-state index contributed by atoms with van der Waals surface area (Å²) in [6, 6.07) is 7.92. The third kappa shape index (κ3) is 1.61. The summed E-state index contributed by atoms with van der Waals surface area (Å²) in [6.07, 6.45) is 2.40. The third-order valence-electron chi connectivity index (χ3n) is 2.92. The van der Waals surface area contributed by atoms with Gasteiger partial charge in [-0.05, 0) is 12.5 Å². The fourth-order valence-electron chi connectivity index (χ4n) is 2.04. The lowest BCUT2D eigenvalue weighted by atomic mass is 10.2. The first-order chi connectivity index (χ1) is 7.83. The molecule has 16 heavy (non-hydrogen) atoms. The lowest BCUT2D eigenvalue weighted by Crippen LogP contribution is -2.23. The number of aromatic nitrogens is 2. The number of hydrogen-bond acceptors (Lipinski definition) is 4. The van der Waals surface area contributed by atoms with Crippen LogP contribution < -0.4 is 4.90 Å². The predicted octanol–water partition coefficient (Wildman–Crippen LogP) is 1.20. The van der Waals surface area contributed by atoms with Crippen molar-refractivity contribution in [2.24, 2.45) is 0 Å². The number of aliphatic hydroxyl groups excluding tert-OH is 1. The van der Waals surface area contributed by atoms with E-state index in [9.17, 15) is 5.11 Å². The van der Waals surface area contributed by atoms with E-state index in [1.807, 2.05) is 35.4 Å². The molecule has 0 radical (unpaired) electrons. The summed E-state index contributed by atoms with van der Waals surface area (Å²) in [5, 5.41) is 10.5. The molecule has 1 aromatic carbocycles. The van der Waals surface area contributed by atoms with Crippen molar-refractivity contribution in [3.05, 3.63) is 30.5 Å². The molecule has 1 aliphatic heterocycles. The molecular weight excluding hydrogens is 202 g/mol. The first-order valence-electron chi connectivity index (χ1n) is 5.48. The average Bonchev–Trinajstić information content (AvgIpc) is 2.75. The van der Waals surface area contributed by atoms with Gasteiger partial charge in [-0.1, -0.05) is 18.2 Å². The van der Waals surface area contributed by atoms with Crippen LogP contribution in [-0.2, 0) is 0 Å². The van der Waals surface area contributed by atoms with Gasteiger partial charge in [0.25, 0.3) is 0 Å². The molecule has 3 rings (SSSR count). The van der Waals surface area contributed by atoms with E-state index >= 15 is 0 Å². The molecule has 0 amide bonds. The summed E-state index contributed by atoms with van der Waals surface area (Å²) in [4.78, 5) is 10.8. The quantitative estimate of drug-likeness (QED) is 0.776. The maximum absolute atomic E-state index is 9.48. The van der Waals surface area contributed by atoms with Crippen LogP contribution in [0, 0.1) is 0 Å². The van der Waals surface area contributed by atoms with Crippen molar-refractivity contribution >= 4 is 16.9 Å². The summed E-state index contributed by atoms with van der Waals surface area (Å²) in [5.74, 6) is 0.718. The van der Waals surface area contributed by atoms with Gasteiger partial charge in [0, 0.05) is 24.7 Å². The van der Waals surface area contributed by atoms with Crippen LogP contribution in [0.3, 0.4) is 0 Å². The number of anilines is 1. The Morgan fingerprint density at radius 3 is 3.00 bits per heavy atom. The number of benzene rings is 1. The van der Waals surface area contributed by atoms with Crippen LogP contribution in [-0.4, -0.2) is 34.3 Å². The smallest absolute Gasteiger partial charge is 0.225 e. The summed E-state index contributed by atoms with van der Waals surface area (Å²) < 4.78 is 0. The minimum absolute atomic E-state index is 0.241. The van der Waals surface area contributed by atoms with E-state index in [0.717, 1.165) is 29.8 Å². The van der Waals surface area contributed by atoms with Crippen LogP contribution >= 0.6 is 0 Å². The summed E-state index contributed by atoms with van der Waals surface area (Å²) in [6.45, 7) is 1.47. The first-order valence-corrected chi connectivity index (χ1v) is 5.48. The van der Waals surface area contributed by atoms with E-state index in [-0.39, 0.29) is 6.10 Å². The minimum Gasteiger partial charge on any atom is -0.391 e. The molecule has 1 aliphatic rings. The highest BCUT2D eigenvalue weighted by molar-refractivity contribution is 5.78. The fourth-order valence-corrected chi connectivity index (χ4v) is 2.04. The Bertz CT molecular complexity index is 514. The van der Waals surface area contributed by atoms with E-state index in [4.69, 9.17) is 0 Å². The molecule has 4 heteroatoms. The number of rotatable bonds is 1. The molecule has 1 saturated heterocycles. The maximum atomic E-state index is 9.48. The molecular formula is C12H13N3O. The molecule has 1 N–H and O–H groups in total. The van der Waals surface area contributed by atoms with Gasteiger partial charge in [-0.2, -0.15) is 0 Å². The van der Waals surface area contributed by atoms with Gasteiger partial charge >= 0.3 is 0 Å². The molecule has 0 bridgehead atoms. The van der Waals surface area contributed by atoms with Gasteiger partial charge in [0.15, 0.2) is 0 Å². The Hall–Kier alpha value is -1.68. The molecule has 2 aromatic rings. The Morgan fingerprint density at radius 2 is 2.19 bits per heavy atom. The van der Waals surface area contributed by atoms with Crippen molar-refractivity contribution in [2.45, 2.75) is 12.5 Å². The highest BCUT2D eigenvalue weighted by Crippen LogP contribution is 2.18. The van der Waals surface area contributed by atoms with Crippen molar-refractivity contribution in [2.75, 3.05) is 18.0 Å². The predicted molar refractivity (Wildman–Crippen MR) is 62.4 cm³/mol. The molecule has 0 spiro atoms. The molecule has 82 valence electrons. The van der Waals surface area contributed by atoms with Gasteiger partial charge < -0.3 is 10.0 Å². The molecule has 4 nitrogen and oxygen atoms in total. The van der Waals surface area contributed by atoms with Crippen LogP contribution in [0.25, 0.3) is 10.9 Å². The Morgan fingerprint density at radius 1 is 1.31 bits per heavy atom. The second-order valence-corrected chi connectivity index (χ2v) is 4.12. The minimum atomic E-state index is -0.241. The maximum Gasteiger partial charge on any atom is 0.225 e. The number of nitrogens with zero attached hydrogens (tertiary/aromatic N) is 3. The number of aliphatic hydroxyl groups is 1. The van der Waals surface area contributed by atoms with Crippen LogP contribution in [0.5, 0.6) is 0 Å². The summed E-state index contributed by atoms with van der Waals surface area (Å²) in [7, 11) is 0. The number of fused-ring (bicyclic) bond motifs is 1. The van der Waals surface area contributed by atoms with Gasteiger partial charge in [0.1, 0.15) is 0 Å². The zero-order valence-electron chi connectivity index (χ0n) is 8.87. The van der Waals surface area contributed by atoms with Crippen LogP contribution in [0.2, 0.25) is 0 Å². The Labute approximate surface area is 93.6 Å². The van der Waals surface area contributed by atoms with Crippen LogP contribution in [0.4, 0.5) is 5.95 Å². The molecule has 1 fully saturated rings. The van der Waals surface area contributed by atoms with Crippen molar-refractivity contribution in [3.63, 3.8) is 0 Å². The van der Waals surface area contributed by atoms with E-state index in [0.29, 0.717) is 6.54 Å².